The molecule has 0 saturated carbocycles. The van der Waals surface area contributed by atoms with Crippen LogP contribution >= 0.6 is 23.4 Å². The molecule has 0 spiro atoms. The van der Waals surface area contributed by atoms with Gasteiger partial charge in [0.25, 0.3) is 0 Å². The van der Waals surface area contributed by atoms with E-state index in [1.54, 1.807) is 0 Å². The highest BCUT2D eigenvalue weighted by Crippen LogP contribution is 2.31. The third kappa shape index (κ3) is 4.47. The molecule has 0 aliphatic carbocycles. The molecule has 0 radical (unpaired) electrons. The molecule has 1 N–H and O–H groups in total. The Hall–Kier alpha value is -3.17. The third-order valence-corrected chi connectivity index (χ3v) is 5.92. The number of fused-ring (bicyclic) bond motifs is 1. The molecule has 2 heterocycles. The number of aromatic nitrogens is 4. The van der Waals surface area contributed by atoms with Gasteiger partial charge in [-0.15, -0.1) is 5.10 Å². The SMILES string of the molecule is CCc1ccccc1Sc1nccn2c(=O)n(CC(=O)Nc3ccc(F)c(Cl)c3)nc12. The molecule has 1 amide bonds. The number of nitrogens with one attached hydrogen (secondary N) is 1. The highest BCUT2D eigenvalue weighted by molar-refractivity contribution is 7.99. The number of hydrogen-bond donors (Lipinski definition) is 1. The predicted octanol–water partition coefficient (Wildman–Crippen LogP) is 4.04. The predicted molar refractivity (Wildman–Crippen MR) is 117 cm³/mol. The zero-order valence-corrected chi connectivity index (χ0v) is 18.0. The minimum atomic E-state index is -0.585. The summed E-state index contributed by atoms with van der Waals surface area (Å²) in [5, 5.41) is 7.35. The summed E-state index contributed by atoms with van der Waals surface area (Å²) in [4.78, 5) is 30.5. The summed E-state index contributed by atoms with van der Waals surface area (Å²) in [5.41, 5.74) is 1.38. The average molecular weight is 458 g/mol. The zero-order valence-electron chi connectivity index (χ0n) is 16.4. The Kier molecular flexibility index (Phi) is 6.06. The van der Waals surface area contributed by atoms with E-state index in [0.717, 1.165) is 27.6 Å². The number of halogens is 2. The summed E-state index contributed by atoms with van der Waals surface area (Å²) in [5.74, 6) is -1.08. The fourth-order valence-corrected chi connectivity index (χ4v) is 4.23. The van der Waals surface area contributed by atoms with Crippen LogP contribution in [0.4, 0.5) is 10.1 Å². The number of hydrogen-bond acceptors (Lipinski definition) is 5. The van der Waals surface area contributed by atoms with Crippen LogP contribution in [0.25, 0.3) is 5.65 Å². The first-order valence-electron chi connectivity index (χ1n) is 9.41. The van der Waals surface area contributed by atoms with Crippen LogP contribution in [0.3, 0.4) is 0 Å². The monoisotopic (exact) mass is 457 g/mol. The highest BCUT2D eigenvalue weighted by Gasteiger charge is 2.16. The van der Waals surface area contributed by atoms with E-state index in [0.29, 0.717) is 16.4 Å². The number of carbonyl (C=O) groups is 1. The summed E-state index contributed by atoms with van der Waals surface area (Å²) in [6, 6.07) is 11.8. The van der Waals surface area contributed by atoms with Crippen LogP contribution in [-0.2, 0) is 17.8 Å². The van der Waals surface area contributed by atoms with Crippen molar-refractivity contribution in [2.24, 2.45) is 0 Å². The lowest BCUT2D eigenvalue weighted by Gasteiger charge is -2.06. The van der Waals surface area contributed by atoms with Gasteiger partial charge in [0.15, 0.2) is 5.65 Å². The Morgan fingerprint density at radius 3 is 2.84 bits per heavy atom. The molecule has 0 unspecified atom stereocenters. The van der Waals surface area contributed by atoms with E-state index >= 15 is 0 Å². The molecule has 0 atom stereocenters. The molecule has 4 rings (SSSR count). The molecule has 0 aliphatic rings. The van der Waals surface area contributed by atoms with Gasteiger partial charge < -0.3 is 5.32 Å². The van der Waals surface area contributed by atoms with Crippen LogP contribution in [0.5, 0.6) is 0 Å². The number of nitrogens with zero attached hydrogens (tertiary/aromatic N) is 4. The van der Waals surface area contributed by atoms with E-state index in [-0.39, 0.29) is 11.6 Å². The van der Waals surface area contributed by atoms with E-state index < -0.39 is 17.4 Å². The van der Waals surface area contributed by atoms with Gasteiger partial charge in [-0.25, -0.2) is 23.3 Å². The molecule has 7 nitrogen and oxygen atoms in total. The number of carbonyl (C=O) groups excluding carboxylic acids is 1. The molecule has 4 aromatic rings. The molecular weight excluding hydrogens is 441 g/mol. The number of benzene rings is 2. The van der Waals surface area contributed by atoms with Gasteiger partial charge in [-0.3, -0.25) is 4.79 Å². The van der Waals surface area contributed by atoms with Crippen LogP contribution in [-0.4, -0.2) is 25.1 Å². The van der Waals surface area contributed by atoms with Crippen molar-refractivity contribution in [2.75, 3.05) is 5.32 Å². The second kappa shape index (κ2) is 8.91. The first-order chi connectivity index (χ1) is 15.0. The van der Waals surface area contributed by atoms with Gasteiger partial charge in [-0.2, -0.15) is 0 Å². The summed E-state index contributed by atoms with van der Waals surface area (Å²) in [6.45, 7) is 1.75. The maximum Gasteiger partial charge on any atom is 0.350 e. The summed E-state index contributed by atoms with van der Waals surface area (Å²) in [6.07, 6.45) is 3.90. The topological polar surface area (TPSA) is 81.3 Å². The average Bonchev–Trinajstić information content (AvgIpc) is 3.07. The zero-order chi connectivity index (χ0) is 22.0. The molecular formula is C21H17ClFN5O2S. The fraction of sp³-hybridized carbons (Fsp3) is 0.143. The van der Waals surface area contributed by atoms with E-state index in [1.807, 2.05) is 24.3 Å². The smallest absolute Gasteiger partial charge is 0.324 e. The Labute approximate surface area is 185 Å². The van der Waals surface area contributed by atoms with Gasteiger partial charge in [0, 0.05) is 23.0 Å². The summed E-state index contributed by atoms with van der Waals surface area (Å²) < 4.78 is 15.7. The minimum absolute atomic E-state index is 0.109. The van der Waals surface area contributed by atoms with Crippen molar-refractivity contribution in [3.05, 3.63) is 81.7 Å². The Bertz CT molecular complexity index is 1340. The van der Waals surface area contributed by atoms with Crippen LogP contribution in [0.1, 0.15) is 12.5 Å². The lowest BCUT2D eigenvalue weighted by molar-refractivity contribution is -0.117. The molecule has 0 saturated heterocycles. The quantitative estimate of drug-likeness (QED) is 0.472. The first-order valence-corrected chi connectivity index (χ1v) is 10.6. The van der Waals surface area contributed by atoms with Gasteiger partial charge >= 0.3 is 5.69 Å². The molecule has 0 bridgehead atoms. The number of rotatable bonds is 6. The van der Waals surface area contributed by atoms with Gasteiger partial charge in [-0.05, 0) is 36.2 Å². The summed E-state index contributed by atoms with van der Waals surface area (Å²) >= 11 is 7.15. The number of aryl methyl sites for hydroxylation is 1. The van der Waals surface area contributed by atoms with Crippen molar-refractivity contribution < 1.29 is 9.18 Å². The van der Waals surface area contributed by atoms with Gasteiger partial charge in [-0.1, -0.05) is 48.5 Å². The standard InChI is InChI=1S/C21H17ClFN5O2S/c1-2-13-5-3-4-6-17(13)31-20-19-26-28(21(30)27(19)10-9-24-20)12-18(29)25-14-7-8-16(23)15(22)11-14/h3-11H,2,12H2,1H3,(H,25,29). The Balaban J connectivity index is 1.60. The summed E-state index contributed by atoms with van der Waals surface area (Å²) in [7, 11) is 0. The molecule has 31 heavy (non-hydrogen) atoms. The number of anilines is 1. The van der Waals surface area contributed by atoms with Crippen LogP contribution in [0, 0.1) is 5.82 Å². The lowest BCUT2D eigenvalue weighted by Crippen LogP contribution is -2.28. The van der Waals surface area contributed by atoms with Crippen molar-refractivity contribution in [3.8, 4) is 0 Å². The van der Waals surface area contributed by atoms with Crippen molar-refractivity contribution in [1.29, 1.82) is 0 Å². The molecule has 2 aromatic carbocycles. The largest absolute Gasteiger partial charge is 0.350 e. The van der Waals surface area contributed by atoms with Crippen LogP contribution in [0.15, 0.2) is 69.6 Å². The van der Waals surface area contributed by atoms with E-state index in [9.17, 15) is 14.0 Å². The van der Waals surface area contributed by atoms with Crippen molar-refractivity contribution >= 4 is 40.6 Å². The van der Waals surface area contributed by atoms with Gasteiger partial charge in [0.05, 0.1) is 5.02 Å². The minimum Gasteiger partial charge on any atom is -0.324 e. The molecule has 10 heteroatoms. The van der Waals surface area contributed by atoms with Crippen LogP contribution in [0.2, 0.25) is 5.02 Å². The Morgan fingerprint density at radius 1 is 1.26 bits per heavy atom. The van der Waals surface area contributed by atoms with E-state index in [2.05, 4.69) is 22.3 Å². The molecule has 2 aromatic heterocycles. The van der Waals surface area contributed by atoms with Crippen molar-refractivity contribution in [3.63, 3.8) is 0 Å². The van der Waals surface area contributed by atoms with Crippen LogP contribution < -0.4 is 11.0 Å². The molecule has 158 valence electrons. The molecule has 0 aliphatic heterocycles. The van der Waals surface area contributed by atoms with E-state index in [1.165, 1.54) is 40.7 Å². The van der Waals surface area contributed by atoms with Crippen molar-refractivity contribution in [2.45, 2.75) is 29.8 Å². The second-order valence-corrected chi connectivity index (χ2v) is 8.04. The fourth-order valence-electron chi connectivity index (χ4n) is 3.01. The normalized spacial score (nSPS) is 11.1. The maximum atomic E-state index is 13.3. The number of amides is 1. The van der Waals surface area contributed by atoms with Gasteiger partial charge in [0.1, 0.15) is 17.4 Å². The third-order valence-electron chi connectivity index (χ3n) is 4.53. The second-order valence-electron chi connectivity index (χ2n) is 6.61. The lowest BCUT2D eigenvalue weighted by atomic mass is 10.2. The molecule has 0 fully saturated rings. The van der Waals surface area contributed by atoms with Gasteiger partial charge in [0.2, 0.25) is 5.91 Å². The van der Waals surface area contributed by atoms with Crippen molar-refractivity contribution in [1.82, 2.24) is 19.2 Å². The highest BCUT2D eigenvalue weighted by atomic mass is 35.5. The van der Waals surface area contributed by atoms with E-state index in [4.69, 9.17) is 11.6 Å². The maximum absolute atomic E-state index is 13.3. The first kappa shape index (κ1) is 21.1. The Morgan fingerprint density at radius 2 is 2.06 bits per heavy atom.